The van der Waals surface area contributed by atoms with Gasteiger partial charge in [-0.3, -0.25) is 9.52 Å². The number of sulfonamides is 1. The number of nitrogens with one attached hydrogen (secondary N) is 4. The van der Waals surface area contributed by atoms with Crippen LogP contribution in [0.3, 0.4) is 0 Å². The summed E-state index contributed by atoms with van der Waals surface area (Å²) in [6, 6.07) is 14.3. The number of halogens is 3. The molecule has 0 aliphatic carbocycles. The number of benzene rings is 3. The molecule has 0 atom stereocenters. The molecule has 4 aromatic rings. The van der Waals surface area contributed by atoms with Crippen LogP contribution in [0.4, 0.5) is 18.9 Å². The number of hydrogen-bond donors (Lipinski definition) is 4. The van der Waals surface area contributed by atoms with E-state index in [9.17, 15) is 31.2 Å². The van der Waals surface area contributed by atoms with Crippen molar-refractivity contribution >= 4 is 32.7 Å². The average molecular weight is 490 g/mol. The molecule has 1 amide bonds. The van der Waals surface area contributed by atoms with E-state index < -0.39 is 33.4 Å². The number of alkyl halides is 3. The van der Waals surface area contributed by atoms with Crippen LogP contribution in [0.1, 0.15) is 21.5 Å². The SMILES string of the molecule is O=C(NCc1cccc(C(F)(F)F)c1)c1ccc(NS(=O)(=O)c2ccc3[nH]c(=O)[nH]c3c2)cc1. The summed E-state index contributed by atoms with van der Waals surface area (Å²) in [6.07, 6.45) is -4.48. The fraction of sp³-hybridized carbons (Fsp3) is 0.0909. The first-order valence-electron chi connectivity index (χ1n) is 9.80. The zero-order chi connectivity index (χ0) is 24.5. The van der Waals surface area contributed by atoms with Gasteiger partial charge in [-0.05, 0) is 60.2 Å². The van der Waals surface area contributed by atoms with Gasteiger partial charge in [-0.2, -0.15) is 13.2 Å². The molecule has 0 spiro atoms. The molecule has 0 saturated heterocycles. The Labute approximate surface area is 190 Å². The molecule has 4 N–H and O–H groups in total. The van der Waals surface area contributed by atoms with Gasteiger partial charge in [-0.25, -0.2) is 13.2 Å². The second-order valence-corrected chi connectivity index (χ2v) is 9.03. The summed E-state index contributed by atoms with van der Waals surface area (Å²) in [5, 5.41) is 2.53. The lowest BCUT2D eigenvalue weighted by Crippen LogP contribution is -2.23. The first kappa shape index (κ1) is 23.1. The van der Waals surface area contributed by atoms with Crippen molar-refractivity contribution in [3.8, 4) is 0 Å². The van der Waals surface area contributed by atoms with Gasteiger partial charge in [0.25, 0.3) is 15.9 Å². The van der Waals surface area contributed by atoms with Crippen LogP contribution in [-0.2, 0) is 22.7 Å². The van der Waals surface area contributed by atoms with Crippen molar-refractivity contribution in [3.63, 3.8) is 0 Å². The molecule has 12 heteroatoms. The molecule has 0 radical (unpaired) electrons. The van der Waals surface area contributed by atoms with Gasteiger partial charge in [0.15, 0.2) is 0 Å². The van der Waals surface area contributed by atoms with Crippen LogP contribution in [-0.4, -0.2) is 24.3 Å². The Morgan fingerprint density at radius 1 is 0.912 bits per heavy atom. The zero-order valence-electron chi connectivity index (χ0n) is 17.2. The number of fused-ring (bicyclic) bond motifs is 1. The highest BCUT2D eigenvalue weighted by molar-refractivity contribution is 7.92. The van der Waals surface area contributed by atoms with Gasteiger partial charge in [0.2, 0.25) is 0 Å². The molecule has 176 valence electrons. The first-order chi connectivity index (χ1) is 16.0. The van der Waals surface area contributed by atoms with Crippen LogP contribution in [0, 0.1) is 0 Å². The van der Waals surface area contributed by atoms with Crippen LogP contribution in [0.5, 0.6) is 0 Å². The Bertz CT molecular complexity index is 1520. The Morgan fingerprint density at radius 2 is 1.62 bits per heavy atom. The van der Waals surface area contributed by atoms with Gasteiger partial charge in [-0.15, -0.1) is 0 Å². The number of amides is 1. The number of aromatic nitrogens is 2. The summed E-state index contributed by atoms with van der Waals surface area (Å²) in [6.45, 7) is -0.110. The molecule has 8 nitrogen and oxygen atoms in total. The number of rotatable bonds is 6. The molecule has 1 aromatic heterocycles. The van der Waals surface area contributed by atoms with Crippen LogP contribution < -0.4 is 15.7 Å². The highest BCUT2D eigenvalue weighted by atomic mass is 32.2. The molecule has 0 aliphatic rings. The Morgan fingerprint density at radius 3 is 2.32 bits per heavy atom. The van der Waals surface area contributed by atoms with Crippen molar-refractivity contribution in [3.05, 3.63) is 93.9 Å². The van der Waals surface area contributed by atoms with Crippen molar-refractivity contribution in [2.75, 3.05) is 4.72 Å². The van der Waals surface area contributed by atoms with Crippen LogP contribution >= 0.6 is 0 Å². The Kier molecular flexibility index (Phi) is 5.92. The van der Waals surface area contributed by atoms with Crippen molar-refractivity contribution in [1.29, 1.82) is 0 Å². The molecular formula is C22H17F3N4O4S. The first-order valence-corrected chi connectivity index (χ1v) is 11.3. The number of aromatic amines is 2. The summed E-state index contributed by atoms with van der Waals surface area (Å²) >= 11 is 0. The number of carbonyl (C=O) groups excluding carboxylic acids is 1. The number of carbonyl (C=O) groups is 1. The van der Waals surface area contributed by atoms with Crippen LogP contribution in [0.25, 0.3) is 11.0 Å². The van der Waals surface area contributed by atoms with E-state index in [1.54, 1.807) is 0 Å². The number of imidazole rings is 1. The quantitative estimate of drug-likeness (QED) is 0.330. The van der Waals surface area contributed by atoms with Gasteiger partial charge in [0.1, 0.15) is 0 Å². The predicted molar refractivity (Wildman–Crippen MR) is 119 cm³/mol. The third kappa shape index (κ3) is 5.12. The van der Waals surface area contributed by atoms with Crippen molar-refractivity contribution in [2.24, 2.45) is 0 Å². The third-order valence-electron chi connectivity index (χ3n) is 4.90. The van der Waals surface area contributed by atoms with Gasteiger partial charge >= 0.3 is 11.9 Å². The van der Waals surface area contributed by atoms with Crippen molar-refractivity contribution in [1.82, 2.24) is 15.3 Å². The third-order valence-corrected chi connectivity index (χ3v) is 6.28. The van der Waals surface area contributed by atoms with E-state index in [0.29, 0.717) is 11.0 Å². The molecule has 0 unspecified atom stereocenters. The van der Waals surface area contributed by atoms with Gasteiger partial charge in [0, 0.05) is 17.8 Å². The minimum Gasteiger partial charge on any atom is -0.348 e. The maximum absolute atomic E-state index is 12.8. The zero-order valence-corrected chi connectivity index (χ0v) is 18.0. The summed E-state index contributed by atoms with van der Waals surface area (Å²) in [4.78, 5) is 28.6. The topological polar surface area (TPSA) is 124 Å². The highest BCUT2D eigenvalue weighted by Gasteiger charge is 2.30. The van der Waals surface area contributed by atoms with E-state index in [1.807, 2.05) is 0 Å². The van der Waals surface area contributed by atoms with E-state index in [4.69, 9.17) is 0 Å². The van der Waals surface area contributed by atoms with E-state index in [2.05, 4.69) is 20.0 Å². The van der Waals surface area contributed by atoms with Crippen LogP contribution in [0.2, 0.25) is 0 Å². The second kappa shape index (κ2) is 8.71. The fourth-order valence-corrected chi connectivity index (χ4v) is 4.31. The normalized spacial score (nSPS) is 12.0. The van der Waals surface area contributed by atoms with E-state index in [1.165, 1.54) is 54.6 Å². The standard InChI is InChI=1S/C22H17F3N4O4S/c23-22(24,25)15-3-1-2-13(10-15)12-26-20(30)14-4-6-16(7-5-14)29-34(32,33)17-8-9-18-19(11-17)28-21(31)27-18/h1-11,29H,12H2,(H,26,30)(H2,27,28,31). The minimum atomic E-state index is -4.48. The molecule has 0 bridgehead atoms. The molecular weight excluding hydrogens is 473 g/mol. The summed E-state index contributed by atoms with van der Waals surface area (Å²) < 4.78 is 66.1. The molecule has 0 fully saturated rings. The van der Waals surface area contributed by atoms with Gasteiger partial charge in [-0.1, -0.05) is 12.1 Å². The molecule has 4 rings (SSSR count). The Balaban J connectivity index is 1.42. The molecule has 0 saturated carbocycles. The molecule has 34 heavy (non-hydrogen) atoms. The monoisotopic (exact) mass is 490 g/mol. The van der Waals surface area contributed by atoms with E-state index >= 15 is 0 Å². The van der Waals surface area contributed by atoms with E-state index in [0.717, 1.165) is 12.1 Å². The fourth-order valence-electron chi connectivity index (χ4n) is 3.22. The average Bonchev–Trinajstić information content (AvgIpc) is 3.16. The van der Waals surface area contributed by atoms with Crippen molar-refractivity contribution in [2.45, 2.75) is 17.6 Å². The maximum Gasteiger partial charge on any atom is 0.416 e. The summed E-state index contributed by atoms with van der Waals surface area (Å²) in [5.74, 6) is -0.534. The Hall–Kier alpha value is -4.06. The lowest BCUT2D eigenvalue weighted by molar-refractivity contribution is -0.137. The predicted octanol–water partition coefficient (Wildman–Crippen LogP) is 3.61. The molecule has 1 heterocycles. The summed E-state index contributed by atoms with van der Waals surface area (Å²) in [7, 11) is -3.97. The van der Waals surface area contributed by atoms with Crippen LogP contribution in [0.15, 0.2) is 76.4 Å². The van der Waals surface area contributed by atoms with Gasteiger partial charge in [0.05, 0.1) is 21.5 Å². The lowest BCUT2D eigenvalue weighted by atomic mass is 10.1. The number of H-pyrrole nitrogens is 2. The van der Waals surface area contributed by atoms with Gasteiger partial charge < -0.3 is 15.3 Å². The molecule has 0 aliphatic heterocycles. The van der Waals surface area contributed by atoms with Crippen molar-refractivity contribution < 1.29 is 26.4 Å². The lowest BCUT2D eigenvalue weighted by Gasteiger charge is -2.11. The largest absolute Gasteiger partial charge is 0.416 e. The second-order valence-electron chi connectivity index (χ2n) is 7.35. The maximum atomic E-state index is 12.8. The smallest absolute Gasteiger partial charge is 0.348 e. The molecule has 3 aromatic carbocycles. The minimum absolute atomic E-state index is 0.0712. The number of anilines is 1. The highest BCUT2D eigenvalue weighted by Crippen LogP contribution is 2.29. The summed E-state index contributed by atoms with van der Waals surface area (Å²) in [5.41, 5.74) is 0.203. The number of hydrogen-bond acceptors (Lipinski definition) is 4. The van der Waals surface area contributed by atoms with E-state index in [-0.39, 0.29) is 28.3 Å².